The first-order valence-electron chi connectivity index (χ1n) is 13.9. The van der Waals surface area contributed by atoms with E-state index in [9.17, 15) is 0 Å². The predicted molar refractivity (Wildman–Crippen MR) is 167 cm³/mol. The molecule has 0 aliphatic heterocycles. The molecule has 7 aromatic rings. The molecule has 0 aliphatic rings. The molecule has 0 N–H and O–H groups in total. The van der Waals surface area contributed by atoms with E-state index in [1.807, 2.05) is 38.4 Å². The van der Waals surface area contributed by atoms with Crippen LogP contribution in [0, 0.1) is 13.8 Å². The third-order valence-electron chi connectivity index (χ3n) is 6.70. The van der Waals surface area contributed by atoms with Gasteiger partial charge in [0.05, 0.1) is 33.1 Å². The topological polar surface area (TPSA) is 35.6 Å². The summed E-state index contributed by atoms with van der Waals surface area (Å²) in [6, 6.07) is 30.3. The summed E-state index contributed by atoms with van der Waals surface area (Å²) in [5, 5.41) is 2.36. The van der Waals surface area contributed by atoms with Crippen LogP contribution in [-0.2, 0) is 0 Å². The highest BCUT2D eigenvalue weighted by Crippen LogP contribution is 2.34. The van der Waals surface area contributed by atoms with Crippen molar-refractivity contribution in [2.75, 3.05) is 0 Å². The Morgan fingerprint density at radius 3 is 1.41 bits per heavy atom. The summed E-state index contributed by atoms with van der Waals surface area (Å²) in [4.78, 5) is 9.45. The van der Waals surface area contributed by atoms with Gasteiger partial charge in [-0.3, -0.25) is 9.97 Å². The summed E-state index contributed by atoms with van der Waals surface area (Å²) in [5.74, 6) is 0. The fourth-order valence-electron chi connectivity index (χ4n) is 5.23. The summed E-state index contributed by atoms with van der Waals surface area (Å²) in [7, 11) is 0. The summed E-state index contributed by atoms with van der Waals surface area (Å²) in [5.41, 5.74) is 11.3. The van der Waals surface area contributed by atoms with Crippen LogP contribution in [0.1, 0.15) is 45.2 Å². The van der Waals surface area contributed by atoms with E-state index >= 15 is 0 Å². The maximum Gasteiger partial charge on any atom is 0.0963 e. The van der Waals surface area contributed by atoms with Crippen molar-refractivity contribution in [2.24, 2.45) is 0 Å². The minimum Gasteiger partial charge on any atom is -0.308 e. The Labute approximate surface area is 230 Å². The van der Waals surface area contributed by atoms with Gasteiger partial charge in [-0.1, -0.05) is 63.4 Å². The molecule has 0 saturated heterocycles. The number of aryl methyl sites for hydroxylation is 2. The number of benzene rings is 3. The molecule has 4 aromatic heterocycles. The van der Waals surface area contributed by atoms with Gasteiger partial charge >= 0.3 is 0 Å². The minimum absolute atomic E-state index is 1.03. The second kappa shape index (κ2) is 11.1. The molecule has 0 spiro atoms. The highest BCUT2D eigenvalue weighted by atomic mass is 15.0. The third-order valence-corrected chi connectivity index (χ3v) is 6.70. The van der Waals surface area contributed by atoms with Crippen molar-refractivity contribution in [1.29, 1.82) is 0 Å². The van der Waals surface area contributed by atoms with E-state index in [2.05, 4.69) is 110 Å². The molecule has 7 rings (SSSR count). The van der Waals surface area contributed by atoms with Crippen LogP contribution in [0.2, 0.25) is 0 Å². The second-order valence-electron chi connectivity index (χ2n) is 9.68. The predicted octanol–water partition coefficient (Wildman–Crippen LogP) is 9.73. The van der Waals surface area contributed by atoms with E-state index in [1.165, 1.54) is 28.3 Å². The Morgan fingerprint density at radius 2 is 0.974 bits per heavy atom. The first-order valence-corrected chi connectivity index (χ1v) is 13.9. The molecule has 196 valence electrons. The van der Waals surface area contributed by atoms with Gasteiger partial charge in [-0.2, -0.15) is 0 Å². The lowest BCUT2D eigenvalue weighted by atomic mass is 10.1. The molecular formula is C35H36N4. The van der Waals surface area contributed by atoms with E-state index in [1.54, 1.807) is 0 Å². The first kappa shape index (κ1) is 26.2. The zero-order valence-corrected chi connectivity index (χ0v) is 23.7. The molecule has 0 unspecified atom stereocenters. The molecule has 4 heteroatoms. The average Bonchev–Trinajstić information content (AvgIpc) is 3.47. The van der Waals surface area contributed by atoms with Gasteiger partial charge in [0.15, 0.2) is 0 Å². The minimum atomic E-state index is 1.03. The molecule has 0 bridgehead atoms. The van der Waals surface area contributed by atoms with Gasteiger partial charge in [0.1, 0.15) is 0 Å². The lowest BCUT2D eigenvalue weighted by molar-refractivity contribution is 1.09. The highest BCUT2D eigenvalue weighted by Gasteiger charge is 2.16. The van der Waals surface area contributed by atoms with Crippen molar-refractivity contribution < 1.29 is 0 Å². The Balaban J connectivity index is 0.000000579. The van der Waals surface area contributed by atoms with Crippen LogP contribution >= 0.6 is 0 Å². The largest absolute Gasteiger partial charge is 0.308 e. The Bertz CT molecular complexity index is 1770. The van der Waals surface area contributed by atoms with Crippen LogP contribution in [0.4, 0.5) is 0 Å². The van der Waals surface area contributed by atoms with Gasteiger partial charge in [0.2, 0.25) is 0 Å². The van der Waals surface area contributed by atoms with Crippen LogP contribution < -0.4 is 0 Å². The third kappa shape index (κ3) is 4.57. The van der Waals surface area contributed by atoms with Crippen molar-refractivity contribution in [2.45, 2.75) is 48.0 Å². The number of rotatable bonds is 2. The van der Waals surface area contributed by atoms with Gasteiger partial charge in [-0.05, 0) is 80.6 Å². The summed E-state index contributed by atoms with van der Waals surface area (Å²) >= 11 is 0. The number of fused-ring (bicyclic) bond motifs is 6. The molecule has 4 heterocycles. The molecule has 0 saturated carbocycles. The van der Waals surface area contributed by atoms with Gasteiger partial charge in [-0.25, -0.2) is 0 Å². The maximum absolute atomic E-state index is 4.72. The summed E-state index contributed by atoms with van der Waals surface area (Å²) < 4.78 is 4.63. The van der Waals surface area contributed by atoms with E-state index in [4.69, 9.17) is 9.97 Å². The number of hydrogen-bond donors (Lipinski definition) is 0. The maximum atomic E-state index is 4.72. The van der Waals surface area contributed by atoms with Gasteiger partial charge in [0, 0.05) is 34.5 Å². The standard InChI is InChI=1S/C30H22N4.C3H8.C2H6/c1-19-10-12-25-23(16-19)29-27(8-4-14-31-29)33(25)21-6-3-7-22(18-21)34-26-13-11-20(2)17-24(26)30-28(34)9-5-15-32-30;1-3-2;1-2/h3-18H,1-2H3;3H2,1-2H3;1-2H3. The van der Waals surface area contributed by atoms with E-state index in [-0.39, 0.29) is 0 Å². The molecule has 0 radical (unpaired) electrons. The molecule has 0 fully saturated rings. The van der Waals surface area contributed by atoms with Crippen LogP contribution in [0.3, 0.4) is 0 Å². The summed E-state index contributed by atoms with van der Waals surface area (Å²) in [6.45, 7) is 12.5. The molecule has 39 heavy (non-hydrogen) atoms. The first-order chi connectivity index (χ1) is 19.1. The molecule has 0 aliphatic carbocycles. The van der Waals surface area contributed by atoms with Crippen LogP contribution in [0.25, 0.3) is 55.2 Å². The van der Waals surface area contributed by atoms with Gasteiger partial charge in [0.25, 0.3) is 0 Å². The van der Waals surface area contributed by atoms with Crippen LogP contribution in [0.5, 0.6) is 0 Å². The highest BCUT2D eigenvalue weighted by molar-refractivity contribution is 6.08. The van der Waals surface area contributed by atoms with Gasteiger partial charge < -0.3 is 9.13 Å². The van der Waals surface area contributed by atoms with Crippen LogP contribution in [-0.4, -0.2) is 19.1 Å². The Kier molecular flexibility index (Phi) is 7.47. The Hall–Kier alpha value is -4.44. The van der Waals surface area contributed by atoms with Crippen molar-refractivity contribution >= 4 is 43.9 Å². The van der Waals surface area contributed by atoms with Crippen molar-refractivity contribution in [3.05, 3.63) is 108 Å². The van der Waals surface area contributed by atoms with Crippen molar-refractivity contribution in [3.8, 4) is 11.4 Å². The monoisotopic (exact) mass is 512 g/mol. The molecule has 3 aromatic carbocycles. The fourth-order valence-corrected chi connectivity index (χ4v) is 5.23. The van der Waals surface area contributed by atoms with Crippen molar-refractivity contribution in [1.82, 2.24) is 19.1 Å². The molecular weight excluding hydrogens is 476 g/mol. The molecule has 4 nitrogen and oxygen atoms in total. The zero-order valence-electron chi connectivity index (χ0n) is 23.7. The van der Waals surface area contributed by atoms with Gasteiger partial charge in [-0.15, -0.1) is 0 Å². The smallest absolute Gasteiger partial charge is 0.0963 e. The fraction of sp³-hybridized carbons (Fsp3) is 0.200. The SMILES string of the molecule is CC.CCC.Cc1ccc2c(c1)c1ncccc1n2-c1cccc(-n2c3ccc(C)cc3c3ncccc32)c1. The second-order valence-corrected chi connectivity index (χ2v) is 9.68. The lowest BCUT2D eigenvalue weighted by Gasteiger charge is -2.12. The lowest BCUT2D eigenvalue weighted by Crippen LogP contribution is -1.98. The zero-order chi connectivity index (χ0) is 27.5. The van der Waals surface area contributed by atoms with Crippen molar-refractivity contribution in [3.63, 3.8) is 0 Å². The van der Waals surface area contributed by atoms with Crippen LogP contribution in [0.15, 0.2) is 97.3 Å². The Morgan fingerprint density at radius 1 is 0.538 bits per heavy atom. The number of nitrogens with zero attached hydrogens (tertiary/aromatic N) is 4. The van der Waals surface area contributed by atoms with E-state index in [0.717, 1.165) is 44.5 Å². The molecule has 0 atom stereocenters. The number of pyridine rings is 2. The van der Waals surface area contributed by atoms with E-state index < -0.39 is 0 Å². The normalized spacial score (nSPS) is 10.9. The number of hydrogen-bond acceptors (Lipinski definition) is 2. The summed E-state index contributed by atoms with van der Waals surface area (Å²) in [6.07, 6.45) is 5.00. The van der Waals surface area contributed by atoms with E-state index in [0.29, 0.717) is 0 Å². The quantitative estimate of drug-likeness (QED) is 0.231. The average molecular weight is 513 g/mol. The molecule has 0 amide bonds. The number of aromatic nitrogens is 4.